The van der Waals surface area contributed by atoms with E-state index in [2.05, 4.69) is 32.9 Å². The molecule has 0 N–H and O–H groups in total. The topological polar surface area (TPSA) is 74.8 Å². The second kappa shape index (κ2) is 10.9. The molecule has 0 atom stereocenters. The zero-order chi connectivity index (χ0) is 26.0. The third kappa shape index (κ3) is 6.04. The fourth-order valence-electron chi connectivity index (χ4n) is 5.24. The molecule has 0 radical (unpaired) electrons. The van der Waals surface area contributed by atoms with Crippen LogP contribution in [0.5, 0.6) is 0 Å². The smallest absolute Gasteiger partial charge is 0.207 e. The van der Waals surface area contributed by atoms with Crippen molar-refractivity contribution < 1.29 is 16.8 Å². The Balaban J connectivity index is 1.59. The van der Waals surface area contributed by atoms with Crippen LogP contribution >= 0.6 is 0 Å². The summed E-state index contributed by atoms with van der Waals surface area (Å²) in [7, 11) is -7.41. The predicted octanol–water partition coefficient (Wildman–Crippen LogP) is 5.68. The molecule has 0 aromatic heterocycles. The Morgan fingerprint density at radius 2 is 1.28 bits per heavy atom. The zero-order valence-electron chi connectivity index (χ0n) is 21.8. The van der Waals surface area contributed by atoms with Crippen LogP contribution < -0.4 is 0 Å². The third-order valence-electron chi connectivity index (χ3n) is 7.52. The maximum atomic E-state index is 13.8. The summed E-state index contributed by atoms with van der Waals surface area (Å²) in [5.41, 5.74) is 2.20. The summed E-state index contributed by atoms with van der Waals surface area (Å²) >= 11 is 0. The second-order valence-corrected chi connectivity index (χ2v) is 15.1. The molecule has 1 saturated carbocycles. The molecule has 0 amide bonds. The third-order valence-corrected chi connectivity index (χ3v) is 11.3. The molecular formula is C28H40N2O4S2. The standard InChI is InChI=1S/C28H40N2O4S2/c1-28(2,3)24-14-12-23(13-15-24)22-30(25-10-6-7-11-25)36(33,34)27-18-16-26(17-19-27)35(31,32)29-20-8-4-5-9-21-29/h12-19,25H,4-11,20-22H2,1-3H3. The molecule has 36 heavy (non-hydrogen) atoms. The quantitative estimate of drug-likeness (QED) is 0.460. The average Bonchev–Trinajstić information content (AvgIpc) is 3.22. The van der Waals surface area contributed by atoms with Gasteiger partial charge in [0.1, 0.15) is 0 Å². The van der Waals surface area contributed by atoms with Crippen LogP contribution in [0.1, 0.15) is 83.3 Å². The SMILES string of the molecule is CC(C)(C)c1ccc(CN(C2CCCC2)S(=O)(=O)c2ccc(S(=O)(=O)N3CCCCCC3)cc2)cc1. The molecule has 6 nitrogen and oxygen atoms in total. The lowest BCUT2D eigenvalue weighted by Crippen LogP contribution is -2.38. The largest absolute Gasteiger partial charge is 0.243 e. The van der Waals surface area contributed by atoms with Crippen LogP contribution in [0.25, 0.3) is 0 Å². The van der Waals surface area contributed by atoms with Crippen LogP contribution in [0.15, 0.2) is 58.3 Å². The van der Waals surface area contributed by atoms with Crippen LogP contribution in [0.3, 0.4) is 0 Å². The van der Waals surface area contributed by atoms with Gasteiger partial charge < -0.3 is 0 Å². The van der Waals surface area contributed by atoms with E-state index >= 15 is 0 Å². The molecule has 4 rings (SSSR count). The van der Waals surface area contributed by atoms with Gasteiger partial charge in [0.25, 0.3) is 0 Å². The van der Waals surface area contributed by atoms with Crippen molar-refractivity contribution in [2.75, 3.05) is 13.1 Å². The summed E-state index contributed by atoms with van der Waals surface area (Å²) in [4.78, 5) is 0.309. The van der Waals surface area contributed by atoms with Crippen molar-refractivity contribution >= 4 is 20.0 Å². The van der Waals surface area contributed by atoms with Crippen LogP contribution in [-0.4, -0.2) is 44.6 Å². The first-order chi connectivity index (χ1) is 17.0. The van der Waals surface area contributed by atoms with E-state index in [-0.39, 0.29) is 21.2 Å². The number of nitrogens with zero attached hydrogens (tertiary/aromatic N) is 2. The van der Waals surface area contributed by atoms with E-state index in [1.807, 2.05) is 12.1 Å². The fourth-order valence-corrected chi connectivity index (χ4v) is 8.43. The minimum atomic E-state index is -3.79. The minimum Gasteiger partial charge on any atom is -0.207 e. The van der Waals surface area contributed by atoms with Gasteiger partial charge in [0, 0.05) is 25.7 Å². The van der Waals surface area contributed by atoms with Crippen molar-refractivity contribution in [3.63, 3.8) is 0 Å². The van der Waals surface area contributed by atoms with E-state index in [0.29, 0.717) is 19.6 Å². The average molecular weight is 533 g/mol. The number of hydrogen-bond donors (Lipinski definition) is 0. The predicted molar refractivity (Wildman–Crippen MR) is 144 cm³/mol. The van der Waals surface area contributed by atoms with E-state index < -0.39 is 20.0 Å². The highest BCUT2D eigenvalue weighted by molar-refractivity contribution is 7.89. The second-order valence-electron chi connectivity index (χ2n) is 11.2. The maximum absolute atomic E-state index is 13.8. The van der Waals surface area contributed by atoms with Gasteiger partial charge in [-0.15, -0.1) is 0 Å². The Bertz CT molecular complexity index is 1220. The van der Waals surface area contributed by atoms with Crippen LogP contribution in [0.4, 0.5) is 0 Å². The van der Waals surface area contributed by atoms with Gasteiger partial charge in [-0.3, -0.25) is 0 Å². The molecule has 0 bridgehead atoms. The molecule has 2 aliphatic rings. The number of rotatable bonds is 7. The van der Waals surface area contributed by atoms with Gasteiger partial charge in [0.15, 0.2) is 0 Å². The molecular weight excluding hydrogens is 492 g/mol. The summed E-state index contributed by atoms with van der Waals surface area (Å²) in [6.07, 6.45) is 7.54. The van der Waals surface area contributed by atoms with Gasteiger partial charge in [0.05, 0.1) is 9.79 Å². The van der Waals surface area contributed by atoms with Gasteiger partial charge in [-0.25, -0.2) is 16.8 Å². The van der Waals surface area contributed by atoms with Gasteiger partial charge in [-0.05, 0) is 66.5 Å². The first-order valence-electron chi connectivity index (χ1n) is 13.2. The Kier molecular flexibility index (Phi) is 8.29. The summed E-state index contributed by atoms with van der Waals surface area (Å²) in [6, 6.07) is 14.0. The number of hydrogen-bond acceptors (Lipinski definition) is 4. The highest BCUT2D eigenvalue weighted by atomic mass is 32.2. The normalized spacial score (nSPS) is 19.0. The Hall–Kier alpha value is -1.74. The Morgan fingerprint density at radius 1 is 0.750 bits per heavy atom. The number of benzene rings is 2. The van der Waals surface area contributed by atoms with Crippen molar-refractivity contribution in [2.24, 2.45) is 0 Å². The molecule has 1 aliphatic heterocycles. The van der Waals surface area contributed by atoms with Gasteiger partial charge in [0.2, 0.25) is 20.0 Å². The zero-order valence-corrected chi connectivity index (χ0v) is 23.5. The van der Waals surface area contributed by atoms with E-state index in [1.165, 1.54) is 34.1 Å². The van der Waals surface area contributed by atoms with Crippen molar-refractivity contribution in [3.05, 3.63) is 59.7 Å². The molecule has 1 saturated heterocycles. The van der Waals surface area contributed by atoms with Crippen molar-refractivity contribution in [1.82, 2.24) is 8.61 Å². The van der Waals surface area contributed by atoms with Gasteiger partial charge in [-0.1, -0.05) is 70.7 Å². The van der Waals surface area contributed by atoms with Crippen LogP contribution in [0.2, 0.25) is 0 Å². The summed E-state index contributed by atoms with van der Waals surface area (Å²) < 4.78 is 57.1. The minimum absolute atomic E-state index is 0.0329. The maximum Gasteiger partial charge on any atom is 0.243 e. The van der Waals surface area contributed by atoms with E-state index in [0.717, 1.165) is 56.9 Å². The monoisotopic (exact) mass is 532 g/mol. The lowest BCUT2D eigenvalue weighted by molar-refractivity contribution is 0.316. The summed E-state index contributed by atoms with van der Waals surface area (Å²) in [6.45, 7) is 7.83. The molecule has 8 heteroatoms. The van der Waals surface area contributed by atoms with Crippen molar-refractivity contribution in [1.29, 1.82) is 0 Å². The number of sulfonamides is 2. The van der Waals surface area contributed by atoms with E-state index in [1.54, 1.807) is 4.31 Å². The Labute approximate surface area is 217 Å². The molecule has 2 aromatic carbocycles. The first kappa shape index (κ1) is 27.3. The molecule has 0 spiro atoms. The summed E-state index contributed by atoms with van der Waals surface area (Å²) in [5, 5.41) is 0. The highest BCUT2D eigenvalue weighted by Gasteiger charge is 2.34. The van der Waals surface area contributed by atoms with Crippen molar-refractivity contribution in [3.8, 4) is 0 Å². The van der Waals surface area contributed by atoms with E-state index in [4.69, 9.17) is 0 Å². The first-order valence-corrected chi connectivity index (χ1v) is 16.1. The molecule has 2 fully saturated rings. The summed E-state index contributed by atoms with van der Waals surface area (Å²) in [5.74, 6) is 0. The molecule has 1 heterocycles. The lowest BCUT2D eigenvalue weighted by atomic mass is 9.87. The van der Waals surface area contributed by atoms with Gasteiger partial charge in [-0.2, -0.15) is 8.61 Å². The van der Waals surface area contributed by atoms with Crippen LogP contribution in [0, 0.1) is 0 Å². The van der Waals surface area contributed by atoms with Crippen molar-refractivity contribution in [2.45, 2.75) is 99.9 Å². The highest BCUT2D eigenvalue weighted by Crippen LogP contribution is 2.32. The van der Waals surface area contributed by atoms with E-state index in [9.17, 15) is 16.8 Å². The molecule has 2 aromatic rings. The fraction of sp³-hybridized carbons (Fsp3) is 0.571. The molecule has 198 valence electrons. The van der Waals surface area contributed by atoms with Gasteiger partial charge >= 0.3 is 0 Å². The van der Waals surface area contributed by atoms with Crippen LogP contribution in [-0.2, 0) is 32.0 Å². The molecule has 0 unspecified atom stereocenters. The Morgan fingerprint density at radius 3 is 1.81 bits per heavy atom. The lowest BCUT2D eigenvalue weighted by Gasteiger charge is -2.29. The molecule has 1 aliphatic carbocycles.